The van der Waals surface area contributed by atoms with E-state index in [0.29, 0.717) is 18.6 Å². The first kappa shape index (κ1) is 12.9. The van der Waals surface area contributed by atoms with Crippen LogP contribution < -0.4 is 10.6 Å². The van der Waals surface area contributed by atoms with Crippen molar-refractivity contribution in [1.82, 2.24) is 10.6 Å². The summed E-state index contributed by atoms with van der Waals surface area (Å²) in [5.41, 5.74) is 0. The molecule has 3 nitrogen and oxygen atoms in total. The van der Waals surface area contributed by atoms with Crippen molar-refractivity contribution in [2.45, 2.75) is 45.1 Å². The van der Waals surface area contributed by atoms with Gasteiger partial charge in [-0.1, -0.05) is 13.3 Å². The molecule has 3 heteroatoms. The Labute approximate surface area is 93.6 Å². The average Bonchev–Trinajstić information content (AvgIpc) is 2.28. The van der Waals surface area contributed by atoms with Crippen molar-refractivity contribution < 1.29 is 5.11 Å². The molecule has 1 fully saturated rings. The summed E-state index contributed by atoms with van der Waals surface area (Å²) >= 11 is 0. The van der Waals surface area contributed by atoms with Crippen molar-refractivity contribution in [2.75, 3.05) is 26.2 Å². The molecule has 2 unspecified atom stereocenters. The third kappa shape index (κ3) is 5.50. The van der Waals surface area contributed by atoms with Crippen LogP contribution in [0, 0.1) is 5.92 Å². The second-order valence-corrected chi connectivity index (χ2v) is 4.62. The first-order valence-electron chi connectivity index (χ1n) is 6.41. The maximum Gasteiger partial charge on any atom is 0.0434 e. The van der Waals surface area contributed by atoms with Crippen molar-refractivity contribution in [3.63, 3.8) is 0 Å². The Hall–Kier alpha value is -0.120. The number of hydrogen-bond acceptors (Lipinski definition) is 3. The van der Waals surface area contributed by atoms with Crippen molar-refractivity contribution >= 4 is 0 Å². The van der Waals surface area contributed by atoms with Gasteiger partial charge in [0, 0.05) is 19.2 Å². The van der Waals surface area contributed by atoms with Gasteiger partial charge < -0.3 is 15.7 Å². The van der Waals surface area contributed by atoms with Crippen LogP contribution in [0.25, 0.3) is 0 Å². The third-order valence-corrected chi connectivity index (χ3v) is 3.23. The Balaban J connectivity index is 2.13. The highest BCUT2D eigenvalue weighted by Gasteiger charge is 2.14. The van der Waals surface area contributed by atoms with E-state index in [2.05, 4.69) is 17.6 Å². The normalized spacial score (nSPS) is 24.0. The van der Waals surface area contributed by atoms with E-state index in [1.807, 2.05) is 0 Å². The van der Waals surface area contributed by atoms with Gasteiger partial charge in [0.15, 0.2) is 0 Å². The summed E-state index contributed by atoms with van der Waals surface area (Å²) in [4.78, 5) is 0. The van der Waals surface area contributed by atoms with E-state index in [0.717, 1.165) is 19.5 Å². The van der Waals surface area contributed by atoms with E-state index in [4.69, 9.17) is 5.11 Å². The Morgan fingerprint density at radius 3 is 2.93 bits per heavy atom. The van der Waals surface area contributed by atoms with Gasteiger partial charge in [0.1, 0.15) is 0 Å². The molecule has 0 radical (unpaired) electrons. The lowest BCUT2D eigenvalue weighted by Crippen LogP contribution is -2.44. The van der Waals surface area contributed by atoms with Gasteiger partial charge in [0.05, 0.1) is 0 Å². The van der Waals surface area contributed by atoms with Crippen LogP contribution in [0.3, 0.4) is 0 Å². The first-order valence-corrected chi connectivity index (χ1v) is 6.41. The van der Waals surface area contributed by atoms with Crippen LogP contribution in [0.2, 0.25) is 0 Å². The highest BCUT2D eigenvalue weighted by atomic mass is 16.3. The van der Waals surface area contributed by atoms with E-state index in [1.165, 1.54) is 32.2 Å². The van der Waals surface area contributed by atoms with Crippen LogP contribution in [-0.4, -0.2) is 37.4 Å². The number of hydrogen-bond donors (Lipinski definition) is 3. The van der Waals surface area contributed by atoms with E-state index < -0.39 is 0 Å². The van der Waals surface area contributed by atoms with Crippen LogP contribution in [0.5, 0.6) is 0 Å². The fraction of sp³-hybridized carbons (Fsp3) is 1.00. The molecule has 0 aromatic heterocycles. The average molecular weight is 214 g/mol. The van der Waals surface area contributed by atoms with Crippen LogP contribution in [0.15, 0.2) is 0 Å². The molecule has 15 heavy (non-hydrogen) atoms. The smallest absolute Gasteiger partial charge is 0.0434 e. The summed E-state index contributed by atoms with van der Waals surface area (Å²) in [5.74, 6) is 0.655. The van der Waals surface area contributed by atoms with Gasteiger partial charge in [-0.2, -0.15) is 0 Å². The molecule has 0 saturated carbocycles. The maximum atomic E-state index is 8.96. The zero-order chi connectivity index (χ0) is 10.9. The van der Waals surface area contributed by atoms with Crippen molar-refractivity contribution in [3.05, 3.63) is 0 Å². The predicted octanol–water partition coefficient (Wildman–Crippen LogP) is 1.13. The lowest BCUT2D eigenvalue weighted by Gasteiger charge is -2.26. The minimum atomic E-state index is 0.329. The fourth-order valence-corrected chi connectivity index (χ4v) is 2.30. The van der Waals surface area contributed by atoms with Crippen LogP contribution in [0.4, 0.5) is 0 Å². The van der Waals surface area contributed by atoms with Crippen LogP contribution in [0.1, 0.15) is 39.0 Å². The number of rotatable bonds is 7. The van der Waals surface area contributed by atoms with Gasteiger partial charge in [0.2, 0.25) is 0 Å². The Bertz CT molecular complexity index is 141. The molecule has 0 aliphatic carbocycles. The minimum Gasteiger partial charge on any atom is -0.396 e. The molecular weight excluding hydrogens is 188 g/mol. The maximum absolute atomic E-state index is 8.96. The summed E-state index contributed by atoms with van der Waals surface area (Å²) in [6.07, 6.45) is 5.98. The zero-order valence-electron chi connectivity index (χ0n) is 9.97. The van der Waals surface area contributed by atoms with Gasteiger partial charge in [0.25, 0.3) is 0 Å². The van der Waals surface area contributed by atoms with E-state index in [1.54, 1.807) is 0 Å². The van der Waals surface area contributed by atoms with Gasteiger partial charge in [-0.05, 0) is 44.7 Å². The number of piperidine rings is 1. The van der Waals surface area contributed by atoms with E-state index >= 15 is 0 Å². The fourth-order valence-electron chi connectivity index (χ4n) is 2.30. The summed E-state index contributed by atoms with van der Waals surface area (Å²) in [7, 11) is 0. The molecule has 1 rings (SSSR count). The Kier molecular flexibility index (Phi) is 6.98. The molecule has 90 valence electrons. The van der Waals surface area contributed by atoms with Gasteiger partial charge >= 0.3 is 0 Å². The molecule has 0 spiro atoms. The lowest BCUT2D eigenvalue weighted by atomic mass is 9.99. The summed E-state index contributed by atoms with van der Waals surface area (Å²) in [5, 5.41) is 16.0. The Morgan fingerprint density at radius 1 is 1.47 bits per heavy atom. The zero-order valence-corrected chi connectivity index (χ0v) is 9.97. The number of aliphatic hydroxyl groups excluding tert-OH is 1. The van der Waals surface area contributed by atoms with Crippen molar-refractivity contribution in [2.24, 2.45) is 5.92 Å². The van der Waals surface area contributed by atoms with Crippen LogP contribution in [-0.2, 0) is 0 Å². The molecular formula is C12H26N2O. The second kappa shape index (κ2) is 8.08. The minimum absolute atomic E-state index is 0.329. The standard InChI is InChI=1S/C12H26N2O/c1-2-4-11(6-8-15)9-14-12-5-3-7-13-10-12/h11-15H,2-10H2,1H3. The molecule has 1 saturated heterocycles. The van der Waals surface area contributed by atoms with Gasteiger partial charge in [-0.3, -0.25) is 0 Å². The molecule has 1 aliphatic heterocycles. The predicted molar refractivity (Wildman–Crippen MR) is 64.0 cm³/mol. The molecule has 1 aliphatic rings. The van der Waals surface area contributed by atoms with Gasteiger partial charge in [-0.15, -0.1) is 0 Å². The SMILES string of the molecule is CCCC(CCO)CNC1CCCNC1. The highest BCUT2D eigenvalue weighted by molar-refractivity contribution is 4.76. The Morgan fingerprint density at radius 2 is 2.33 bits per heavy atom. The summed E-state index contributed by atoms with van der Waals surface area (Å²) in [6, 6.07) is 0.650. The molecule has 0 amide bonds. The summed E-state index contributed by atoms with van der Waals surface area (Å²) < 4.78 is 0. The molecule has 0 bridgehead atoms. The van der Waals surface area contributed by atoms with Gasteiger partial charge in [-0.25, -0.2) is 0 Å². The van der Waals surface area contributed by atoms with Crippen LogP contribution >= 0.6 is 0 Å². The van der Waals surface area contributed by atoms with Crippen molar-refractivity contribution in [1.29, 1.82) is 0 Å². The molecule has 0 aromatic rings. The molecule has 2 atom stereocenters. The molecule has 3 N–H and O–H groups in total. The number of aliphatic hydroxyl groups is 1. The topological polar surface area (TPSA) is 44.3 Å². The molecule has 1 heterocycles. The highest BCUT2D eigenvalue weighted by Crippen LogP contribution is 2.10. The van der Waals surface area contributed by atoms with E-state index in [9.17, 15) is 0 Å². The second-order valence-electron chi connectivity index (χ2n) is 4.62. The van der Waals surface area contributed by atoms with Crippen molar-refractivity contribution in [3.8, 4) is 0 Å². The molecule has 0 aromatic carbocycles. The summed E-state index contributed by atoms with van der Waals surface area (Å²) in [6.45, 7) is 5.90. The quantitative estimate of drug-likeness (QED) is 0.595. The first-order chi connectivity index (χ1) is 7.36. The number of nitrogens with one attached hydrogen (secondary N) is 2. The monoisotopic (exact) mass is 214 g/mol. The lowest BCUT2D eigenvalue weighted by molar-refractivity contribution is 0.242. The third-order valence-electron chi connectivity index (χ3n) is 3.23. The largest absolute Gasteiger partial charge is 0.396 e. The van der Waals surface area contributed by atoms with E-state index in [-0.39, 0.29) is 0 Å².